The van der Waals surface area contributed by atoms with Crippen molar-refractivity contribution in [3.8, 4) is 27.9 Å². The Kier molecular flexibility index (Phi) is 6.59. The summed E-state index contributed by atoms with van der Waals surface area (Å²) in [6.07, 6.45) is -1.07. The van der Waals surface area contributed by atoms with Crippen LogP contribution in [-0.2, 0) is 10.9 Å². The Labute approximate surface area is 252 Å². The van der Waals surface area contributed by atoms with Crippen LogP contribution in [0.4, 0.5) is 22.0 Å². The van der Waals surface area contributed by atoms with Crippen LogP contribution in [0.2, 0.25) is 5.02 Å². The minimum absolute atomic E-state index is 0.0319. The van der Waals surface area contributed by atoms with Crippen molar-refractivity contribution in [2.75, 3.05) is 13.6 Å². The summed E-state index contributed by atoms with van der Waals surface area (Å²) in [7, 11) is -3.12. The SMILES string of the molecule is [2H]C([2H])([2H])OC([2H])([2H])C[C@H](c1ccc(-c2c(-n3cc(C(F)(F)F)nn3)ccc(Cl)c2F)cn1)n1cc(-c2ccc(C(N)=O)c(F)c2)cn1. The molecule has 0 unspecified atom stereocenters. The predicted octanol–water partition coefficient (Wildman–Crippen LogP) is 5.87. The molecular weight excluding hydrogens is 597 g/mol. The number of hydrogen-bond donors (Lipinski definition) is 1. The van der Waals surface area contributed by atoms with Gasteiger partial charge >= 0.3 is 6.18 Å². The first-order valence-electron chi connectivity index (χ1n) is 14.6. The molecule has 3 heterocycles. The molecule has 1 atom stereocenters. The molecule has 0 spiro atoms. The number of primary amides is 1. The van der Waals surface area contributed by atoms with Crippen molar-refractivity contribution in [2.24, 2.45) is 5.73 Å². The molecule has 222 valence electrons. The quantitative estimate of drug-likeness (QED) is 0.206. The van der Waals surface area contributed by atoms with Crippen LogP contribution >= 0.6 is 11.6 Å². The summed E-state index contributed by atoms with van der Waals surface area (Å²) >= 11 is 5.99. The van der Waals surface area contributed by atoms with Gasteiger partial charge in [-0.2, -0.15) is 18.3 Å². The highest BCUT2D eigenvalue weighted by Crippen LogP contribution is 2.35. The number of amides is 1. The van der Waals surface area contributed by atoms with Crippen molar-refractivity contribution in [3.05, 3.63) is 101 Å². The second-order valence-corrected chi connectivity index (χ2v) is 9.41. The van der Waals surface area contributed by atoms with E-state index in [9.17, 15) is 22.4 Å². The number of benzene rings is 2. The summed E-state index contributed by atoms with van der Waals surface area (Å²) in [5, 5.41) is 10.4. The summed E-state index contributed by atoms with van der Waals surface area (Å²) < 4.78 is 115. The molecule has 15 heteroatoms. The van der Waals surface area contributed by atoms with Gasteiger partial charge in [-0.1, -0.05) is 28.9 Å². The first-order chi connectivity index (χ1) is 22.3. The zero-order chi connectivity index (χ0) is 35.2. The average molecular weight is 623 g/mol. The zero-order valence-electron chi connectivity index (χ0n) is 26.5. The summed E-state index contributed by atoms with van der Waals surface area (Å²) in [5.74, 6) is -2.87. The summed E-state index contributed by atoms with van der Waals surface area (Å²) in [6.45, 7) is -2.77. The standard InChI is InChI=1S/C28H21ClF5N7O2/c1-43-9-8-22(40-13-17(12-37-40)15-2-4-18(27(35)42)20(30)10-15)21-6-3-16(11-36-21)25-23(7-5-19(29)26(25)31)41-14-24(38-39-41)28(32,33)34/h2-7,10-14,22H,8-9H2,1H3,(H2,35,42)/t22-/m1/s1/i1D3,9D2. The average Bonchev–Trinajstić information content (AvgIpc) is 3.67. The Bertz CT molecular complexity index is 1980. The minimum atomic E-state index is -4.82. The molecule has 2 aromatic carbocycles. The molecule has 0 aliphatic heterocycles. The molecular formula is C28H21ClF5N7O2. The fourth-order valence-electron chi connectivity index (χ4n) is 4.27. The van der Waals surface area contributed by atoms with Gasteiger partial charge in [0.1, 0.15) is 5.82 Å². The lowest BCUT2D eigenvalue weighted by atomic mass is 10.0. The van der Waals surface area contributed by atoms with Gasteiger partial charge in [-0.3, -0.25) is 14.5 Å². The molecule has 43 heavy (non-hydrogen) atoms. The zero-order valence-corrected chi connectivity index (χ0v) is 22.2. The minimum Gasteiger partial charge on any atom is -0.385 e. The normalized spacial score (nSPS) is 14.8. The number of hydrogen-bond acceptors (Lipinski definition) is 6. The molecule has 5 aromatic rings. The third-order valence-corrected chi connectivity index (χ3v) is 6.65. The highest BCUT2D eigenvalue weighted by molar-refractivity contribution is 6.31. The number of halogens is 6. The number of carbonyl (C=O) groups excluding carboxylic acids is 1. The van der Waals surface area contributed by atoms with E-state index in [1.165, 1.54) is 47.4 Å². The van der Waals surface area contributed by atoms with Crippen LogP contribution in [0.25, 0.3) is 27.9 Å². The van der Waals surface area contributed by atoms with E-state index in [-0.39, 0.29) is 38.7 Å². The number of carbonyl (C=O) groups is 1. The molecule has 5 rings (SSSR count). The largest absolute Gasteiger partial charge is 0.436 e. The van der Waals surface area contributed by atoms with E-state index in [2.05, 4.69) is 25.1 Å². The van der Waals surface area contributed by atoms with E-state index in [0.29, 0.717) is 11.8 Å². The van der Waals surface area contributed by atoms with Crippen LogP contribution in [0.15, 0.2) is 67.3 Å². The van der Waals surface area contributed by atoms with Crippen LogP contribution in [0.5, 0.6) is 0 Å². The molecule has 0 saturated heterocycles. The highest BCUT2D eigenvalue weighted by atomic mass is 35.5. The van der Waals surface area contributed by atoms with Gasteiger partial charge in [-0.15, -0.1) is 5.10 Å². The number of ether oxygens (including phenoxy) is 1. The van der Waals surface area contributed by atoms with E-state index in [0.717, 1.165) is 23.0 Å². The van der Waals surface area contributed by atoms with Crippen LogP contribution in [0.1, 0.15) is 41.1 Å². The number of nitrogens with two attached hydrogens (primary N) is 1. The van der Waals surface area contributed by atoms with E-state index in [4.69, 9.17) is 24.2 Å². The van der Waals surface area contributed by atoms with Crippen molar-refractivity contribution in [3.63, 3.8) is 0 Å². The lowest BCUT2D eigenvalue weighted by Gasteiger charge is -2.18. The van der Waals surface area contributed by atoms with Crippen LogP contribution in [0.3, 0.4) is 0 Å². The van der Waals surface area contributed by atoms with Gasteiger partial charge in [0.2, 0.25) is 0 Å². The van der Waals surface area contributed by atoms with Crippen molar-refractivity contribution in [2.45, 2.75) is 18.6 Å². The summed E-state index contributed by atoms with van der Waals surface area (Å²) in [6, 6.07) is 7.48. The van der Waals surface area contributed by atoms with Gasteiger partial charge in [0, 0.05) is 42.7 Å². The molecule has 0 saturated carbocycles. The third kappa shape index (κ3) is 6.10. The maximum atomic E-state index is 15.4. The Morgan fingerprint density at radius 2 is 1.91 bits per heavy atom. The van der Waals surface area contributed by atoms with Crippen LogP contribution in [0, 0.1) is 11.6 Å². The molecule has 3 aromatic heterocycles. The predicted molar refractivity (Wildman–Crippen MR) is 145 cm³/mol. The third-order valence-electron chi connectivity index (χ3n) is 6.36. The van der Waals surface area contributed by atoms with Gasteiger partial charge in [-0.25, -0.2) is 13.5 Å². The fourth-order valence-corrected chi connectivity index (χ4v) is 4.43. The second kappa shape index (κ2) is 11.9. The van der Waals surface area contributed by atoms with Crippen molar-refractivity contribution in [1.29, 1.82) is 0 Å². The van der Waals surface area contributed by atoms with Crippen LogP contribution < -0.4 is 5.73 Å². The Morgan fingerprint density at radius 3 is 2.56 bits per heavy atom. The molecule has 0 aliphatic carbocycles. The first-order valence-corrected chi connectivity index (χ1v) is 12.5. The van der Waals surface area contributed by atoms with Gasteiger partial charge in [0.05, 0.1) is 47.3 Å². The number of alkyl halides is 3. The van der Waals surface area contributed by atoms with E-state index >= 15 is 4.39 Å². The smallest absolute Gasteiger partial charge is 0.385 e. The van der Waals surface area contributed by atoms with Gasteiger partial charge in [-0.05, 0) is 42.3 Å². The maximum absolute atomic E-state index is 15.4. The maximum Gasteiger partial charge on any atom is 0.436 e. The van der Waals surface area contributed by atoms with E-state index < -0.39 is 55.5 Å². The fraction of sp³-hybridized carbons (Fsp3) is 0.179. The monoisotopic (exact) mass is 622 g/mol. The van der Waals surface area contributed by atoms with Gasteiger partial charge in [0.15, 0.2) is 11.5 Å². The van der Waals surface area contributed by atoms with Crippen molar-refractivity contribution in [1.82, 2.24) is 29.8 Å². The van der Waals surface area contributed by atoms with Crippen LogP contribution in [-0.4, -0.2) is 49.3 Å². The Hall–Kier alpha value is -4.69. The number of pyridine rings is 1. The lowest BCUT2D eigenvalue weighted by molar-refractivity contribution is -0.141. The molecule has 0 fully saturated rings. The van der Waals surface area contributed by atoms with E-state index in [1.807, 2.05) is 0 Å². The topological polar surface area (TPSA) is 114 Å². The molecule has 0 bridgehead atoms. The highest BCUT2D eigenvalue weighted by Gasteiger charge is 2.35. The van der Waals surface area contributed by atoms with Crippen molar-refractivity contribution >= 4 is 17.5 Å². The van der Waals surface area contributed by atoms with E-state index in [1.54, 1.807) is 0 Å². The number of rotatable bonds is 9. The molecule has 9 nitrogen and oxygen atoms in total. The summed E-state index contributed by atoms with van der Waals surface area (Å²) in [4.78, 5) is 15.7. The number of methoxy groups -OCH3 is 1. The molecule has 0 radical (unpaired) electrons. The second-order valence-electron chi connectivity index (χ2n) is 9.01. The summed E-state index contributed by atoms with van der Waals surface area (Å²) in [5.41, 5.74) is 3.78. The Morgan fingerprint density at radius 1 is 1.12 bits per heavy atom. The van der Waals surface area contributed by atoms with Crippen molar-refractivity contribution < 1.29 is 38.3 Å². The molecule has 2 N–H and O–H groups in total. The molecule has 0 aliphatic rings. The number of nitrogens with zero attached hydrogens (tertiary/aromatic N) is 6. The van der Waals surface area contributed by atoms with Gasteiger partial charge in [0.25, 0.3) is 5.91 Å². The molecule has 1 amide bonds. The number of aromatic nitrogens is 6. The Balaban J connectivity index is 1.56. The lowest BCUT2D eigenvalue weighted by Crippen LogP contribution is -2.15. The van der Waals surface area contributed by atoms with Gasteiger partial charge < -0.3 is 10.5 Å². The first kappa shape index (κ1) is 23.8.